The summed E-state index contributed by atoms with van der Waals surface area (Å²) in [5, 5.41) is 3.93. The molecule has 3 heterocycles. The molecule has 0 aromatic carbocycles. The molecule has 0 aliphatic carbocycles. The van der Waals surface area contributed by atoms with E-state index in [1.807, 2.05) is 6.92 Å². The third-order valence-corrected chi connectivity index (χ3v) is 4.36. The normalized spacial score (nSPS) is 30.3. The first kappa shape index (κ1) is 14.5. The highest BCUT2D eigenvalue weighted by atomic mass is 16.6. The molecule has 3 atom stereocenters. The fourth-order valence-electron chi connectivity index (χ4n) is 3.20. The molecule has 2 fully saturated rings. The molecule has 3 rings (SSSR count). The van der Waals surface area contributed by atoms with Gasteiger partial charge in [0.2, 0.25) is 5.89 Å². The molecule has 0 amide bonds. The second-order valence-corrected chi connectivity index (χ2v) is 6.08. The molecule has 0 radical (unpaired) electrons. The minimum absolute atomic E-state index is 0.0431. The average Bonchev–Trinajstić information content (AvgIpc) is 3.10. The third kappa shape index (κ3) is 3.08. The molecule has 1 aromatic heterocycles. The van der Waals surface area contributed by atoms with Crippen LogP contribution in [0.4, 0.5) is 0 Å². The Balaban J connectivity index is 1.55. The van der Waals surface area contributed by atoms with Crippen LogP contribution in [0.2, 0.25) is 0 Å². The molecule has 2 aliphatic heterocycles. The summed E-state index contributed by atoms with van der Waals surface area (Å²) in [4.78, 5) is 20.5. The molecule has 116 valence electrons. The highest BCUT2D eigenvalue weighted by molar-refractivity contribution is 5.78. The summed E-state index contributed by atoms with van der Waals surface area (Å²) in [5.74, 6) is 1.23. The van der Waals surface area contributed by atoms with E-state index in [4.69, 9.17) is 9.26 Å². The van der Waals surface area contributed by atoms with Crippen molar-refractivity contribution in [2.24, 2.45) is 0 Å². The van der Waals surface area contributed by atoms with Gasteiger partial charge < -0.3 is 9.26 Å². The number of carbonyl (C=O) groups is 1. The number of ether oxygens (including phenoxy) is 1. The van der Waals surface area contributed by atoms with Crippen molar-refractivity contribution in [3.05, 3.63) is 11.7 Å². The van der Waals surface area contributed by atoms with E-state index in [1.54, 1.807) is 6.92 Å². The Kier molecular flexibility index (Phi) is 3.95. The van der Waals surface area contributed by atoms with Crippen LogP contribution in [0.5, 0.6) is 0 Å². The summed E-state index contributed by atoms with van der Waals surface area (Å²) in [6, 6.07) is 0.346. The molecule has 2 saturated heterocycles. The van der Waals surface area contributed by atoms with Crippen molar-refractivity contribution >= 4 is 5.97 Å². The zero-order chi connectivity index (χ0) is 15.0. The smallest absolute Gasteiger partial charge is 0.323 e. The maximum Gasteiger partial charge on any atom is 0.323 e. The molecule has 1 aromatic rings. The van der Waals surface area contributed by atoms with Gasteiger partial charge in [0.05, 0.1) is 6.54 Å². The first-order valence-electron chi connectivity index (χ1n) is 7.47. The largest absolute Gasteiger partial charge is 0.461 e. The lowest BCUT2D eigenvalue weighted by Crippen LogP contribution is -2.40. The van der Waals surface area contributed by atoms with Crippen molar-refractivity contribution in [1.29, 1.82) is 0 Å². The minimum Gasteiger partial charge on any atom is -0.461 e. The van der Waals surface area contributed by atoms with E-state index in [2.05, 4.69) is 27.0 Å². The molecular weight excluding hydrogens is 272 g/mol. The highest BCUT2D eigenvalue weighted by Gasteiger charge is 2.40. The molecule has 0 N–H and O–H groups in total. The summed E-state index contributed by atoms with van der Waals surface area (Å²) < 4.78 is 10.3. The van der Waals surface area contributed by atoms with Crippen LogP contribution >= 0.6 is 0 Å². The Hall–Kier alpha value is -1.47. The number of esters is 1. The number of rotatable bonds is 4. The molecule has 21 heavy (non-hydrogen) atoms. The third-order valence-electron chi connectivity index (χ3n) is 4.36. The van der Waals surface area contributed by atoms with Gasteiger partial charge in [-0.15, -0.1) is 0 Å². The van der Waals surface area contributed by atoms with Crippen molar-refractivity contribution in [3.63, 3.8) is 0 Å². The molecule has 2 aliphatic rings. The average molecular weight is 294 g/mol. The predicted molar refractivity (Wildman–Crippen MR) is 74.4 cm³/mol. The second-order valence-electron chi connectivity index (χ2n) is 6.08. The minimum atomic E-state index is -0.0698. The van der Waals surface area contributed by atoms with Crippen LogP contribution in [0.15, 0.2) is 4.52 Å². The summed E-state index contributed by atoms with van der Waals surface area (Å²) in [6.07, 6.45) is 1.90. The van der Waals surface area contributed by atoms with Gasteiger partial charge in [-0.3, -0.25) is 14.6 Å². The maximum atomic E-state index is 11.8. The number of cyclic esters (lactones) is 1. The molecule has 0 spiro atoms. The van der Waals surface area contributed by atoms with Crippen molar-refractivity contribution in [1.82, 2.24) is 19.9 Å². The summed E-state index contributed by atoms with van der Waals surface area (Å²) in [6.45, 7) is 6.24. The van der Waals surface area contributed by atoms with Crippen LogP contribution < -0.4 is 0 Å². The van der Waals surface area contributed by atoms with Gasteiger partial charge in [-0.25, -0.2) is 0 Å². The lowest BCUT2D eigenvalue weighted by atomic mass is 10.1. The van der Waals surface area contributed by atoms with Crippen molar-refractivity contribution in [2.45, 2.75) is 51.4 Å². The summed E-state index contributed by atoms with van der Waals surface area (Å²) in [7, 11) is 2.06. The van der Waals surface area contributed by atoms with Gasteiger partial charge in [0, 0.05) is 32.5 Å². The first-order chi connectivity index (χ1) is 10.0. The highest BCUT2D eigenvalue weighted by Crippen LogP contribution is 2.25. The lowest BCUT2D eigenvalue weighted by molar-refractivity contribution is -0.144. The zero-order valence-electron chi connectivity index (χ0n) is 12.8. The Morgan fingerprint density at radius 1 is 1.48 bits per heavy atom. The molecule has 0 unspecified atom stereocenters. The van der Waals surface area contributed by atoms with Crippen LogP contribution in [0.3, 0.4) is 0 Å². The topological polar surface area (TPSA) is 71.7 Å². The monoisotopic (exact) mass is 294 g/mol. The molecular formula is C14H22N4O3. The number of aromatic nitrogens is 2. The number of aryl methyl sites for hydroxylation is 1. The van der Waals surface area contributed by atoms with Crippen LogP contribution in [-0.2, 0) is 16.1 Å². The van der Waals surface area contributed by atoms with Crippen LogP contribution in [0, 0.1) is 6.92 Å². The number of nitrogens with zero attached hydrogens (tertiary/aromatic N) is 4. The van der Waals surface area contributed by atoms with E-state index in [-0.39, 0.29) is 18.1 Å². The Bertz CT molecular complexity index is 518. The molecule has 0 saturated carbocycles. The number of hydrogen-bond acceptors (Lipinski definition) is 7. The Morgan fingerprint density at radius 3 is 2.90 bits per heavy atom. The van der Waals surface area contributed by atoms with Gasteiger partial charge in [-0.1, -0.05) is 5.16 Å². The van der Waals surface area contributed by atoms with Crippen molar-refractivity contribution in [2.75, 3.05) is 20.1 Å². The van der Waals surface area contributed by atoms with Crippen LogP contribution in [0.25, 0.3) is 0 Å². The van der Waals surface area contributed by atoms with E-state index in [0.717, 1.165) is 25.9 Å². The van der Waals surface area contributed by atoms with Crippen molar-refractivity contribution < 1.29 is 14.1 Å². The fourth-order valence-corrected chi connectivity index (χ4v) is 3.20. The van der Waals surface area contributed by atoms with E-state index in [9.17, 15) is 4.79 Å². The van der Waals surface area contributed by atoms with E-state index in [1.165, 1.54) is 0 Å². The zero-order valence-corrected chi connectivity index (χ0v) is 12.8. The van der Waals surface area contributed by atoms with Gasteiger partial charge in [0.15, 0.2) is 5.82 Å². The standard InChI is InChI=1S/C14H22N4O3/c1-9-6-12(14(19)20-9)18-5-4-11(7-18)17(3)8-13-15-10(2)21-16-13/h9,11-12H,4-8H2,1-3H3/t9-,11+,12+/m0/s1. The van der Waals surface area contributed by atoms with Crippen molar-refractivity contribution in [3.8, 4) is 0 Å². The van der Waals surface area contributed by atoms with Gasteiger partial charge >= 0.3 is 5.97 Å². The van der Waals surface area contributed by atoms with Gasteiger partial charge in [0.1, 0.15) is 12.1 Å². The van der Waals surface area contributed by atoms with Crippen LogP contribution in [-0.4, -0.2) is 64.2 Å². The predicted octanol–water partition coefficient (Wildman–Crippen LogP) is 0.588. The van der Waals surface area contributed by atoms with E-state index in [0.29, 0.717) is 24.3 Å². The molecule has 0 bridgehead atoms. The van der Waals surface area contributed by atoms with E-state index >= 15 is 0 Å². The lowest BCUT2D eigenvalue weighted by Gasteiger charge is -2.24. The number of likely N-dealkylation sites (tertiary alicyclic amines) is 1. The molecule has 7 heteroatoms. The van der Waals surface area contributed by atoms with Gasteiger partial charge in [-0.05, 0) is 20.4 Å². The Morgan fingerprint density at radius 2 is 2.29 bits per heavy atom. The number of likely N-dealkylation sites (N-methyl/N-ethyl adjacent to an activating group) is 1. The number of hydrogen-bond donors (Lipinski definition) is 0. The Labute approximate surface area is 124 Å². The van der Waals surface area contributed by atoms with Gasteiger partial charge in [-0.2, -0.15) is 4.98 Å². The molecule has 7 nitrogen and oxygen atoms in total. The maximum absolute atomic E-state index is 11.8. The SMILES string of the molecule is Cc1nc(CN(C)[C@@H]2CCN([C@@H]3C[C@H](C)OC3=O)C2)no1. The summed E-state index contributed by atoms with van der Waals surface area (Å²) in [5.41, 5.74) is 0. The first-order valence-corrected chi connectivity index (χ1v) is 7.47. The van der Waals surface area contributed by atoms with Gasteiger partial charge in [0.25, 0.3) is 0 Å². The second kappa shape index (κ2) is 5.73. The quantitative estimate of drug-likeness (QED) is 0.752. The summed E-state index contributed by atoms with van der Waals surface area (Å²) >= 11 is 0. The fraction of sp³-hybridized carbons (Fsp3) is 0.786. The van der Waals surface area contributed by atoms with Crippen LogP contribution in [0.1, 0.15) is 31.5 Å². The van der Waals surface area contributed by atoms with E-state index < -0.39 is 0 Å². The number of carbonyl (C=O) groups excluding carboxylic acids is 1.